The van der Waals surface area contributed by atoms with Crippen LogP contribution >= 0.6 is 0 Å². The molecule has 0 radical (unpaired) electrons. The van der Waals surface area contributed by atoms with E-state index in [-0.39, 0.29) is 5.78 Å². The normalized spacial score (nSPS) is 20.9. The van der Waals surface area contributed by atoms with E-state index in [2.05, 4.69) is 23.6 Å². The summed E-state index contributed by atoms with van der Waals surface area (Å²) in [4.78, 5) is 17.1. The number of benzene rings is 1. The van der Waals surface area contributed by atoms with Crippen LogP contribution in [-0.4, -0.2) is 61.5 Å². The minimum atomic E-state index is 0.139. The number of Topliss-reactive ketones (excluding diaryl/α,β-unsaturated/α-hetero) is 1. The molecule has 1 aromatic rings. The first-order valence-corrected chi connectivity index (χ1v) is 7.28. The van der Waals surface area contributed by atoms with Crippen LogP contribution in [0.2, 0.25) is 0 Å². The van der Waals surface area contributed by atoms with Crippen LogP contribution < -0.4 is 4.74 Å². The summed E-state index contributed by atoms with van der Waals surface area (Å²) in [5, 5.41) is 0. The molecular formula is C16H24N2O2. The van der Waals surface area contributed by atoms with Gasteiger partial charge >= 0.3 is 0 Å². The van der Waals surface area contributed by atoms with Crippen molar-refractivity contribution in [1.29, 1.82) is 0 Å². The summed E-state index contributed by atoms with van der Waals surface area (Å²) in [6.07, 6.45) is 0. The highest BCUT2D eigenvalue weighted by molar-refractivity contribution is 6.00. The van der Waals surface area contributed by atoms with E-state index in [1.165, 1.54) is 0 Å². The number of para-hydroxylation sites is 1. The van der Waals surface area contributed by atoms with Crippen LogP contribution in [0.5, 0.6) is 5.75 Å². The van der Waals surface area contributed by atoms with Gasteiger partial charge in [0.05, 0.1) is 19.2 Å². The smallest absolute Gasteiger partial charge is 0.180 e. The van der Waals surface area contributed by atoms with Gasteiger partial charge in [-0.25, -0.2) is 0 Å². The molecule has 1 aliphatic rings. The van der Waals surface area contributed by atoms with E-state index in [1.807, 2.05) is 24.3 Å². The summed E-state index contributed by atoms with van der Waals surface area (Å²) in [6, 6.07) is 7.96. The molecule has 1 saturated heterocycles. The number of carbonyl (C=O) groups is 1. The number of ether oxygens (including phenoxy) is 1. The van der Waals surface area contributed by atoms with E-state index in [1.54, 1.807) is 7.11 Å². The van der Waals surface area contributed by atoms with Crippen LogP contribution in [0, 0.1) is 0 Å². The van der Waals surface area contributed by atoms with E-state index in [4.69, 9.17) is 4.74 Å². The van der Waals surface area contributed by atoms with Crippen molar-refractivity contribution in [2.45, 2.75) is 19.9 Å². The van der Waals surface area contributed by atoms with Crippen LogP contribution in [0.4, 0.5) is 0 Å². The molecule has 1 aliphatic heterocycles. The summed E-state index contributed by atoms with van der Waals surface area (Å²) in [6.45, 7) is 8.91. The third-order valence-corrected chi connectivity index (χ3v) is 4.03. The predicted octanol–water partition coefficient (Wildman–Crippen LogP) is 1.90. The van der Waals surface area contributed by atoms with E-state index >= 15 is 0 Å². The molecule has 0 bridgehead atoms. The number of methoxy groups -OCH3 is 1. The molecule has 0 amide bonds. The number of rotatable bonds is 5. The SMILES string of the molecule is CCN1CCN(CC(=O)c2ccccc2OC)CC1C. The molecule has 2 rings (SSSR count). The average molecular weight is 276 g/mol. The second kappa shape index (κ2) is 6.86. The molecule has 4 heteroatoms. The van der Waals surface area contributed by atoms with Crippen LogP contribution in [-0.2, 0) is 0 Å². The third-order valence-electron chi connectivity index (χ3n) is 4.03. The zero-order chi connectivity index (χ0) is 14.5. The molecule has 1 aromatic carbocycles. The monoisotopic (exact) mass is 276 g/mol. The second-order valence-electron chi connectivity index (χ2n) is 5.34. The number of hydrogen-bond donors (Lipinski definition) is 0. The first-order valence-electron chi connectivity index (χ1n) is 7.28. The number of hydrogen-bond acceptors (Lipinski definition) is 4. The minimum Gasteiger partial charge on any atom is -0.496 e. The van der Waals surface area contributed by atoms with Crippen molar-refractivity contribution in [2.24, 2.45) is 0 Å². The summed E-state index contributed by atoms with van der Waals surface area (Å²) in [5.41, 5.74) is 0.681. The number of ketones is 1. The summed E-state index contributed by atoms with van der Waals surface area (Å²) in [5.74, 6) is 0.803. The standard InChI is InChI=1S/C16H24N2O2/c1-4-18-10-9-17(11-13(18)2)12-15(19)14-7-5-6-8-16(14)20-3/h5-8,13H,4,9-12H2,1-3H3. The molecule has 110 valence electrons. The van der Waals surface area contributed by atoms with Gasteiger partial charge in [-0.15, -0.1) is 0 Å². The molecule has 0 N–H and O–H groups in total. The van der Waals surface area contributed by atoms with Crippen molar-refractivity contribution < 1.29 is 9.53 Å². The quantitative estimate of drug-likeness (QED) is 0.769. The van der Waals surface area contributed by atoms with E-state index in [0.29, 0.717) is 23.9 Å². The van der Waals surface area contributed by atoms with Gasteiger partial charge in [-0.1, -0.05) is 19.1 Å². The van der Waals surface area contributed by atoms with Gasteiger partial charge in [-0.3, -0.25) is 14.6 Å². The predicted molar refractivity (Wildman–Crippen MR) is 80.5 cm³/mol. The fraction of sp³-hybridized carbons (Fsp3) is 0.562. The van der Waals surface area contributed by atoms with Crippen molar-refractivity contribution >= 4 is 5.78 Å². The molecule has 4 nitrogen and oxygen atoms in total. The van der Waals surface area contributed by atoms with E-state index in [9.17, 15) is 4.79 Å². The Morgan fingerprint density at radius 2 is 2.10 bits per heavy atom. The number of piperazine rings is 1. The second-order valence-corrected chi connectivity index (χ2v) is 5.34. The zero-order valence-electron chi connectivity index (χ0n) is 12.6. The maximum absolute atomic E-state index is 12.4. The summed E-state index contributed by atoms with van der Waals surface area (Å²) >= 11 is 0. The van der Waals surface area contributed by atoms with Crippen molar-refractivity contribution in [3.63, 3.8) is 0 Å². The molecule has 0 aliphatic carbocycles. The Labute approximate surface area is 121 Å². The highest BCUT2D eigenvalue weighted by Gasteiger charge is 2.24. The fourth-order valence-electron chi connectivity index (χ4n) is 2.85. The van der Waals surface area contributed by atoms with Crippen LogP contribution in [0.1, 0.15) is 24.2 Å². The van der Waals surface area contributed by atoms with Crippen LogP contribution in [0.15, 0.2) is 24.3 Å². The molecule has 0 aromatic heterocycles. The van der Waals surface area contributed by atoms with Crippen LogP contribution in [0.25, 0.3) is 0 Å². The van der Waals surface area contributed by atoms with Gasteiger partial charge in [0.1, 0.15) is 5.75 Å². The Balaban J connectivity index is 1.98. The Morgan fingerprint density at radius 1 is 1.35 bits per heavy atom. The molecule has 20 heavy (non-hydrogen) atoms. The third kappa shape index (κ3) is 3.38. The lowest BCUT2D eigenvalue weighted by Gasteiger charge is -2.39. The average Bonchev–Trinajstić information content (AvgIpc) is 2.47. The van der Waals surface area contributed by atoms with Gasteiger partial charge in [0, 0.05) is 25.7 Å². The van der Waals surface area contributed by atoms with Gasteiger partial charge < -0.3 is 4.74 Å². The van der Waals surface area contributed by atoms with Crippen molar-refractivity contribution in [2.75, 3.05) is 39.8 Å². The van der Waals surface area contributed by atoms with Gasteiger partial charge in [0.2, 0.25) is 0 Å². The summed E-state index contributed by atoms with van der Waals surface area (Å²) < 4.78 is 5.26. The van der Waals surface area contributed by atoms with Crippen molar-refractivity contribution in [1.82, 2.24) is 9.80 Å². The van der Waals surface area contributed by atoms with E-state index in [0.717, 1.165) is 26.2 Å². The Bertz CT molecular complexity index is 462. The molecule has 1 fully saturated rings. The maximum atomic E-state index is 12.4. The zero-order valence-corrected chi connectivity index (χ0v) is 12.6. The van der Waals surface area contributed by atoms with Gasteiger partial charge in [0.15, 0.2) is 5.78 Å². The number of carbonyl (C=O) groups excluding carboxylic acids is 1. The largest absolute Gasteiger partial charge is 0.496 e. The lowest BCUT2D eigenvalue weighted by atomic mass is 10.1. The molecular weight excluding hydrogens is 252 g/mol. The molecule has 1 atom stereocenters. The highest BCUT2D eigenvalue weighted by atomic mass is 16.5. The van der Waals surface area contributed by atoms with Gasteiger partial charge in [-0.05, 0) is 25.6 Å². The maximum Gasteiger partial charge on any atom is 0.180 e. The minimum absolute atomic E-state index is 0.139. The van der Waals surface area contributed by atoms with Crippen molar-refractivity contribution in [3.05, 3.63) is 29.8 Å². The molecule has 0 spiro atoms. The first kappa shape index (κ1) is 15.0. The Hall–Kier alpha value is -1.39. The molecule has 1 unspecified atom stereocenters. The Morgan fingerprint density at radius 3 is 2.75 bits per heavy atom. The first-order chi connectivity index (χ1) is 9.65. The fourth-order valence-corrected chi connectivity index (χ4v) is 2.85. The Kier molecular flexibility index (Phi) is 5.15. The lowest BCUT2D eigenvalue weighted by molar-refractivity contribution is 0.0721. The van der Waals surface area contributed by atoms with Gasteiger partial charge in [-0.2, -0.15) is 0 Å². The topological polar surface area (TPSA) is 32.8 Å². The number of likely N-dealkylation sites (N-methyl/N-ethyl adjacent to an activating group) is 1. The van der Waals surface area contributed by atoms with Crippen molar-refractivity contribution in [3.8, 4) is 5.75 Å². The summed E-state index contributed by atoms with van der Waals surface area (Å²) in [7, 11) is 1.61. The van der Waals surface area contributed by atoms with Crippen LogP contribution in [0.3, 0.4) is 0 Å². The highest BCUT2D eigenvalue weighted by Crippen LogP contribution is 2.19. The van der Waals surface area contributed by atoms with E-state index < -0.39 is 0 Å². The van der Waals surface area contributed by atoms with Gasteiger partial charge in [0.25, 0.3) is 0 Å². The lowest BCUT2D eigenvalue weighted by Crippen LogP contribution is -2.52. The molecule has 1 heterocycles. The molecule has 0 saturated carbocycles. The number of nitrogens with zero attached hydrogens (tertiary/aromatic N) is 2.